The van der Waals surface area contributed by atoms with E-state index in [0.29, 0.717) is 5.56 Å². The summed E-state index contributed by atoms with van der Waals surface area (Å²) in [5, 5.41) is 8.39. The molecule has 0 aliphatic rings. The van der Waals surface area contributed by atoms with Gasteiger partial charge in [-0.15, -0.1) is 0 Å². The second-order valence-corrected chi connectivity index (χ2v) is 2.65. The van der Waals surface area contributed by atoms with E-state index in [1.807, 2.05) is 5.43 Å². The van der Waals surface area contributed by atoms with Crippen LogP contribution in [-0.2, 0) is 4.79 Å². The maximum absolute atomic E-state index is 11.1. The molecule has 1 amide bonds. The molecule has 6 nitrogen and oxygen atoms in total. The molecule has 1 aromatic heterocycles. The lowest BCUT2D eigenvalue weighted by Crippen LogP contribution is -2.30. The van der Waals surface area contributed by atoms with E-state index in [9.17, 15) is 9.59 Å². The highest BCUT2D eigenvalue weighted by Crippen LogP contribution is 2.04. The van der Waals surface area contributed by atoms with Crippen LogP contribution >= 0.6 is 0 Å². The Morgan fingerprint density at radius 2 is 2.20 bits per heavy atom. The van der Waals surface area contributed by atoms with Gasteiger partial charge < -0.3 is 5.11 Å². The molecule has 4 N–H and O–H groups in total. The number of nitrogen functional groups attached to an aromatic ring is 1. The first-order valence-electron chi connectivity index (χ1n) is 4.00. The van der Waals surface area contributed by atoms with E-state index in [1.165, 1.54) is 24.5 Å². The van der Waals surface area contributed by atoms with Crippen molar-refractivity contribution in [3.05, 3.63) is 35.7 Å². The van der Waals surface area contributed by atoms with Gasteiger partial charge in [-0.05, 0) is 17.7 Å². The number of aromatic nitrogens is 1. The summed E-state index contributed by atoms with van der Waals surface area (Å²) in [4.78, 5) is 25.1. The molecule has 0 unspecified atom stereocenters. The van der Waals surface area contributed by atoms with Gasteiger partial charge in [-0.2, -0.15) is 0 Å². The summed E-state index contributed by atoms with van der Waals surface area (Å²) in [6.45, 7) is 0. The highest BCUT2D eigenvalue weighted by Gasteiger charge is 2.03. The smallest absolute Gasteiger partial charge is 0.328 e. The molecular formula is C9H9N3O3. The molecular weight excluding hydrogens is 198 g/mol. The number of amides is 1. The second kappa shape index (κ2) is 4.87. The molecule has 0 spiro atoms. The molecule has 78 valence electrons. The molecule has 0 aliphatic carbocycles. The summed E-state index contributed by atoms with van der Waals surface area (Å²) < 4.78 is 0. The summed E-state index contributed by atoms with van der Waals surface area (Å²) >= 11 is 0. The Bertz CT molecular complexity index is 415. The van der Waals surface area contributed by atoms with Gasteiger partial charge in [0, 0.05) is 18.5 Å². The van der Waals surface area contributed by atoms with Crippen LogP contribution < -0.4 is 11.3 Å². The third-order valence-corrected chi connectivity index (χ3v) is 1.57. The Labute approximate surface area is 85.4 Å². The number of hydrogen-bond donors (Lipinski definition) is 3. The molecule has 1 rings (SSSR count). The predicted octanol–water partition coefficient (Wildman–Crippen LogP) is -0.217. The summed E-state index contributed by atoms with van der Waals surface area (Å²) in [5.41, 5.74) is 2.74. The predicted molar refractivity (Wildman–Crippen MR) is 52.6 cm³/mol. The van der Waals surface area contributed by atoms with E-state index in [1.54, 1.807) is 0 Å². The van der Waals surface area contributed by atoms with Crippen LogP contribution in [0.4, 0.5) is 0 Å². The van der Waals surface area contributed by atoms with Gasteiger partial charge in [-0.3, -0.25) is 15.2 Å². The fourth-order valence-corrected chi connectivity index (χ4v) is 0.924. The van der Waals surface area contributed by atoms with Gasteiger partial charge in [0.1, 0.15) is 0 Å². The lowest BCUT2D eigenvalue weighted by molar-refractivity contribution is -0.131. The summed E-state index contributed by atoms with van der Waals surface area (Å²) in [5.74, 6) is 3.39. The largest absolute Gasteiger partial charge is 0.478 e. The number of pyridine rings is 1. The van der Waals surface area contributed by atoms with Crippen LogP contribution in [0.25, 0.3) is 6.08 Å². The third-order valence-electron chi connectivity index (χ3n) is 1.57. The number of nitrogens with zero attached hydrogens (tertiary/aromatic N) is 1. The average molecular weight is 207 g/mol. The highest BCUT2D eigenvalue weighted by atomic mass is 16.4. The number of hydrazine groups is 1. The number of carboxylic acids is 1. The maximum Gasteiger partial charge on any atom is 0.328 e. The average Bonchev–Trinajstić information content (AvgIpc) is 2.25. The van der Waals surface area contributed by atoms with Crippen LogP contribution in [-0.4, -0.2) is 22.0 Å². The van der Waals surface area contributed by atoms with Crippen molar-refractivity contribution in [2.24, 2.45) is 5.84 Å². The molecule has 0 aromatic carbocycles. The quantitative estimate of drug-likeness (QED) is 0.275. The highest BCUT2D eigenvalue weighted by molar-refractivity contribution is 5.94. The van der Waals surface area contributed by atoms with Crippen molar-refractivity contribution >= 4 is 18.0 Å². The molecule has 0 saturated carbocycles. The Balaban J connectivity index is 2.92. The van der Waals surface area contributed by atoms with Gasteiger partial charge in [-0.1, -0.05) is 0 Å². The fourth-order valence-electron chi connectivity index (χ4n) is 0.924. The Kier molecular flexibility index (Phi) is 3.53. The Morgan fingerprint density at radius 3 is 2.80 bits per heavy atom. The number of aliphatic carboxylic acids is 1. The molecule has 0 radical (unpaired) electrons. The first-order valence-corrected chi connectivity index (χ1v) is 4.00. The SMILES string of the molecule is NNC(=O)c1cncc(C=CC(=O)O)c1. The molecule has 0 fully saturated rings. The number of rotatable bonds is 3. The van der Waals surface area contributed by atoms with E-state index in [-0.39, 0.29) is 5.56 Å². The van der Waals surface area contributed by atoms with Crippen LogP contribution in [0, 0.1) is 0 Å². The van der Waals surface area contributed by atoms with Crippen molar-refractivity contribution in [1.29, 1.82) is 0 Å². The number of nitrogens with two attached hydrogens (primary N) is 1. The molecule has 15 heavy (non-hydrogen) atoms. The van der Waals surface area contributed by atoms with Crippen molar-refractivity contribution < 1.29 is 14.7 Å². The lowest BCUT2D eigenvalue weighted by atomic mass is 10.2. The van der Waals surface area contributed by atoms with E-state index in [4.69, 9.17) is 10.9 Å². The number of hydrogen-bond acceptors (Lipinski definition) is 4. The van der Waals surface area contributed by atoms with Crippen molar-refractivity contribution in [2.45, 2.75) is 0 Å². The first kappa shape index (κ1) is 10.9. The van der Waals surface area contributed by atoms with Crippen molar-refractivity contribution in [2.75, 3.05) is 0 Å². The monoisotopic (exact) mass is 207 g/mol. The zero-order valence-electron chi connectivity index (χ0n) is 7.68. The molecule has 0 aliphatic heterocycles. The zero-order chi connectivity index (χ0) is 11.3. The minimum Gasteiger partial charge on any atom is -0.478 e. The van der Waals surface area contributed by atoms with Gasteiger partial charge in [0.15, 0.2) is 0 Å². The van der Waals surface area contributed by atoms with Crippen LogP contribution in [0.3, 0.4) is 0 Å². The molecule has 1 heterocycles. The Hall–Kier alpha value is -2.21. The van der Waals surface area contributed by atoms with Crippen molar-refractivity contribution in [3.63, 3.8) is 0 Å². The van der Waals surface area contributed by atoms with Crippen LogP contribution in [0.1, 0.15) is 15.9 Å². The fraction of sp³-hybridized carbons (Fsp3) is 0. The summed E-state index contributed by atoms with van der Waals surface area (Å²) in [6.07, 6.45) is 5.07. The number of carbonyl (C=O) groups excluding carboxylic acids is 1. The zero-order valence-corrected chi connectivity index (χ0v) is 7.68. The Morgan fingerprint density at radius 1 is 1.47 bits per heavy atom. The molecule has 0 bridgehead atoms. The second-order valence-electron chi connectivity index (χ2n) is 2.65. The first-order chi connectivity index (χ1) is 7.13. The molecule has 1 aromatic rings. The number of carbonyl (C=O) groups is 2. The summed E-state index contributed by atoms with van der Waals surface area (Å²) in [7, 11) is 0. The van der Waals surface area contributed by atoms with E-state index < -0.39 is 11.9 Å². The van der Waals surface area contributed by atoms with Gasteiger partial charge in [0.25, 0.3) is 5.91 Å². The van der Waals surface area contributed by atoms with E-state index in [2.05, 4.69) is 4.98 Å². The van der Waals surface area contributed by atoms with Gasteiger partial charge >= 0.3 is 5.97 Å². The van der Waals surface area contributed by atoms with Crippen LogP contribution in [0.15, 0.2) is 24.5 Å². The maximum atomic E-state index is 11.1. The van der Waals surface area contributed by atoms with Crippen LogP contribution in [0.2, 0.25) is 0 Å². The van der Waals surface area contributed by atoms with E-state index >= 15 is 0 Å². The molecule has 6 heteroatoms. The van der Waals surface area contributed by atoms with Crippen molar-refractivity contribution in [3.8, 4) is 0 Å². The topological polar surface area (TPSA) is 105 Å². The standard InChI is InChI=1S/C9H9N3O3/c10-12-9(15)7-3-6(4-11-5-7)1-2-8(13)14/h1-5H,10H2,(H,12,15)(H,13,14). The number of nitrogens with one attached hydrogen (secondary N) is 1. The minimum atomic E-state index is -1.07. The molecule has 0 atom stereocenters. The molecule has 0 saturated heterocycles. The van der Waals surface area contributed by atoms with Gasteiger partial charge in [0.05, 0.1) is 5.56 Å². The van der Waals surface area contributed by atoms with Crippen LogP contribution in [0.5, 0.6) is 0 Å². The lowest BCUT2D eigenvalue weighted by Gasteiger charge is -1.99. The third kappa shape index (κ3) is 3.20. The number of carboxylic acid groups (broad SMARTS) is 1. The van der Waals surface area contributed by atoms with Gasteiger partial charge in [0.2, 0.25) is 0 Å². The minimum absolute atomic E-state index is 0.269. The van der Waals surface area contributed by atoms with E-state index in [0.717, 1.165) is 6.08 Å². The van der Waals surface area contributed by atoms with Crippen molar-refractivity contribution in [1.82, 2.24) is 10.4 Å². The van der Waals surface area contributed by atoms with Gasteiger partial charge in [-0.25, -0.2) is 10.6 Å². The summed E-state index contributed by atoms with van der Waals surface area (Å²) in [6, 6.07) is 1.48. The normalized spacial score (nSPS) is 10.2.